The van der Waals surface area contributed by atoms with Crippen molar-refractivity contribution in [2.75, 3.05) is 6.54 Å². The van der Waals surface area contributed by atoms with E-state index >= 15 is 0 Å². The number of hydrogen-bond donors (Lipinski definition) is 1. The number of nitrogens with zero attached hydrogens (tertiary/aromatic N) is 2. The third kappa shape index (κ3) is 2.30. The molecule has 0 amide bonds. The van der Waals surface area contributed by atoms with E-state index in [1.54, 1.807) is 0 Å². The molecule has 0 atom stereocenters. The second-order valence-electron chi connectivity index (χ2n) is 6.65. The molecule has 0 radical (unpaired) electrons. The van der Waals surface area contributed by atoms with E-state index in [-0.39, 0.29) is 0 Å². The van der Waals surface area contributed by atoms with Gasteiger partial charge in [0.1, 0.15) is 5.82 Å². The minimum Gasteiger partial charge on any atom is -0.311 e. The average Bonchev–Trinajstić information content (AvgIpc) is 3.28. The third-order valence-electron chi connectivity index (χ3n) is 4.67. The Labute approximate surface area is 126 Å². The fraction of sp³-hybridized carbons (Fsp3) is 0.500. The summed E-state index contributed by atoms with van der Waals surface area (Å²) in [6.07, 6.45) is 3.68. The van der Waals surface area contributed by atoms with E-state index in [0.717, 1.165) is 19.5 Å². The Bertz CT molecular complexity index is 648. The van der Waals surface area contributed by atoms with Crippen LogP contribution in [-0.4, -0.2) is 16.1 Å². The lowest BCUT2D eigenvalue weighted by Gasteiger charge is -2.17. The molecule has 2 heterocycles. The third-order valence-corrected chi connectivity index (χ3v) is 4.67. The SMILES string of the molecule is CC(C)c1ccc(-n2c(C3CC3)nc3c2CCNC3)cc1. The van der Waals surface area contributed by atoms with Crippen LogP contribution in [0, 0.1) is 0 Å². The highest BCUT2D eigenvalue weighted by atomic mass is 15.1. The molecule has 0 bridgehead atoms. The van der Waals surface area contributed by atoms with Crippen molar-refractivity contribution in [3.05, 3.63) is 47.0 Å². The van der Waals surface area contributed by atoms with E-state index in [1.165, 1.54) is 41.3 Å². The van der Waals surface area contributed by atoms with Gasteiger partial charge in [-0.15, -0.1) is 0 Å². The van der Waals surface area contributed by atoms with Gasteiger partial charge < -0.3 is 9.88 Å². The summed E-state index contributed by atoms with van der Waals surface area (Å²) in [5.74, 6) is 2.56. The maximum Gasteiger partial charge on any atom is 0.116 e. The van der Waals surface area contributed by atoms with Gasteiger partial charge in [-0.25, -0.2) is 4.98 Å². The molecule has 110 valence electrons. The van der Waals surface area contributed by atoms with Crippen LogP contribution >= 0.6 is 0 Å². The maximum atomic E-state index is 4.95. The molecule has 0 spiro atoms. The van der Waals surface area contributed by atoms with Crippen LogP contribution in [0.15, 0.2) is 24.3 Å². The molecular weight excluding hydrogens is 258 g/mol. The molecule has 0 unspecified atom stereocenters. The second-order valence-corrected chi connectivity index (χ2v) is 6.65. The Hall–Kier alpha value is -1.61. The lowest BCUT2D eigenvalue weighted by atomic mass is 10.0. The van der Waals surface area contributed by atoms with Crippen LogP contribution in [0.3, 0.4) is 0 Å². The summed E-state index contributed by atoms with van der Waals surface area (Å²) >= 11 is 0. The first-order valence-electron chi connectivity index (χ1n) is 8.15. The van der Waals surface area contributed by atoms with Gasteiger partial charge in [0.15, 0.2) is 0 Å². The highest BCUT2D eigenvalue weighted by molar-refractivity contribution is 5.42. The van der Waals surface area contributed by atoms with Crippen LogP contribution in [-0.2, 0) is 13.0 Å². The molecule has 1 aliphatic carbocycles. The second kappa shape index (κ2) is 4.99. The van der Waals surface area contributed by atoms with Crippen molar-refractivity contribution >= 4 is 0 Å². The largest absolute Gasteiger partial charge is 0.311 e. The minimum atomic E-state index is 0.586. The topological polar surface area (TPSA) is 29.9 Å². The van der Waals surface area contributed by atoms with Crippen molar-refractivity contribution in [2.24, 2.45) is 0 Å². The van der Waals surface area contributed by atoms with Crippen molar-refractivity contribution in [3.63, 3.8) is 0 Å². The zero-order chi connectivity index (χ0) is 14.4. The number of aromatic nitrogens is 2. The quantitative estimate of drug-likeness (QED) is 0.933. The molecule has 21 heavy (non-hydrogen) atoms. The van der Waals surface area contributed by atoms with Gasteiger partial charge in [0.2, 0.25) is 0 Å². The van der Waals surface area contributed by atoms with E-state index in [4.69, 9.17) is 4.98 Å². The van der Waals surface area contributed by atoms with Crippen LogP contribution < -0.4 is 5.32 Å². The molecule has 1 aromatic carbocycles. The summed E-state index contributed by atoms with van der Waals surface area (Å²) in [4.78, 5) is 4.95. The molecule has 2 aromatic rings. The Morgan fingerprint density at radius 2 is 1.95 bits per heavy atom. The van der Waals surface area contributed by atoms with Gasteiger partial charge in [0.05, 0.1) is 5.69 Å². The first kappa shape index (κ1) is 13.1. The maximum absolute atomic E-state index is 4.95. The van der Waals surface area contributed by atoms with Gasteiger partial charge in [0.25, 0.3) is 0 Å². The van der Waals surface area contributed by atoms with Crippen molar-refractivity contribution in [1.29, 1.82) is 0 Å². The summed E-state index contributed by atoms with van der Waals surface area (Å²) < 4.78 is 2.44. The summed E-state index contributed by atoms with van der Waals surface area (Å²) in [6.45, 7) is 6.48. The normalized spacial score (nSPS) is 18.0. The van der Waals surface area contributed by atoms with Gasteiger partial charge >= 0.3 is 0 Å². The molecule has 2 aliphatic rings. The van der Waals surface area contributed by atoms with Crippen LogP contribution in [0.1, 0.15) is 61.3 Å². The predicted molar refractivity (Wildman–Crippen MR) is 85.0 cm³/mol. The first-order chi connectivity index (χ1) is 10.2. The predicted octanol–water partition coefficient (Wildman–Crippen LogP) is 3.52. The van der Waals surface area contributed by atoms with E-state index in [0.29, 0.717) is 11.8 Å². The molecule has 1 aliphatic heterocycles. The van der Waals surface area contributed by atoms with Crippen LogP contribution in [0.25, 0.3) is 5.69 Å². The lowest BCUT2D eigenvalue weighted by molar-refractivity contribution is 0.620. The van der Waals surface area contributed by atoms with Gasteiger partial charge in [-0.2, -0.15) is 0 Å². The van der Waals surface area contributed by atoms with Gasteiger partial charge in [-0.05, 0) is 36.5 Å². The van der Waals surface area contributed by atoms with Gasteiger partial charge in [0, 0.05) is 36.8 Å². The van der Waals surface area contributed by atoms with E-state index < -0.39 is 0 Å². The summed E-state index contributed by atoms with van der Waals surface area (Å²) in [7, 11) is 0. The minimum absolute atomic E-state index is 0.586. The number of imidazole rings is 1. The number of benzene rings is 1. The lowest BCUT2D eigenvalue weighted by Crippen LogP contribution is -2.24. The van der Waals surface area contributed by atoms with Crippen molar-refractivity contribution < 1.29 is 0 Å². The smallest absolute Gasteiger partial charge is 0.116 e. The molecule has 1 saturated carbocycles. The van der Waals surface area contributed by atoms with Gasteiger partial charge in [-0.1, -0.05) is 26.0 Å². The first-order valence-corrected chi connectivity index (χ1v) is 8.15. The van der Waals surface area contributed by atoms with Crippen LogP contribution in [0.4, 0.5) is 0 Å². The average molecular weight is 281 g/mol. The zero-order valence-electron chi connectivity index (χ0n) is 12.9. The fourth-order valence-corrected chi connectivity index (χ4v) is 3.24. The molecule has 4 rings (SSSR count). The molecule has 3 heteroatoms. The standard InChI is InChI=1S/C18H23N3/c1-12(2)13-5-7-15(8-6-13)21-17-9-10-19-11-16(17)20-18(21)14-3-4-14/h5-8,12,14,19H,3-4,9-11H2,1-2H3. The van der Waals surface area contributed by atoms with E-state index in [2.05, 4.69) is 48.0 Å². The summed E-state index contributed by atoms with van der Waals surface area (Å²) in [6, 6.07) is 9.07. The van der Waals surface area contributed by atoms with Crippen LogP contribution in [0.2, 0.25) is 0 Å². The van der Waals surface area contributed by atoms with Gasteiger partial charge in [-0.3, -0.25) is 0 Å². The zero-order valence-corrected chi connectivity index (χ0v) is 12.9. The Kier molecular flexibility index (Phi) is 3.11. The molecule has 1 fully saturated rings. The Morgan fingerprint density at radius 1 is 1.19 bits per heavy atom. The molecule has 0 saturated heterocycles. The molecule has 1 N–H and O–H groups in total. The van der Waals surface area contributed by atoms with Crippen LogP contribution in [0.5, 0.6) is 0 Å². The Morgan fingerprint density at radius 3 is 2.62 bits per heavy atom. The van der Waals surface area contributed by atoms with E-state index in [1.807, 2.05) is 0 Å². The summed E-state index contributed by atoms with van der Waals surface area (Å²) in [5, 5.41) is 3.44. The number of hydrogen-bond acceptors (Lipinski definition) is 2. The molecule has 3 nitrogen and oxygen atoms in total. The van der Waals surface area contributed by atoms with Crippen molar-refractivity contribution in [1.82, 2.24) is 14.9 Å². The number of nitrogens with one attached hydrogen (secondary N) is 1. The monoisotopic (exact) mass is 281 g/mol. The van der Waals surface area contributed by atoms with E-state index in [9.17, 15) is 0 Å². The molecule has 1 aromatic heterocycles. The fourth-order valence-electron chi connectivity index (χ4n) is 3.24. The summed E-state index contributed by atoms with van der Waals surface area (Å²) in [5.41, 5.74) is 5.38. The number of rotatable bonds is 3. The highest BCUT2D eigenvalue weighted by Gasteiger charge is 2.32. The Balaban J connectivity index is 1.80. The van der Waals surface area contributed by atoms with Crippen molar-refractivity contribution in [3.8, 4) is 5.69 Å². The number of fused-ring (bicyclic) bond motifs is 1. The van der Waals surface area contributed by atoms with Crippen molar-refractivity contribution in [2.45, 2.75) is 51.5 Å². The highest BCUT2D eigenvalue weighted by Crippen LogP contribution is 2.41. The molecular formula is C18H23N3.